The van der Waals surface area contributed by atoms with Crippen LogP contribution in [0.4, 0.5) is 0 Å². The number of nitrogens with two attached hydrogens (primary N) is 1. The van der Waals surface area contributed by atoms with Crippen molar-refractivity contribution in [3.63, 3.8) is 0 Å². The first kappa shape index (κ1) is 7.81. The molecule has 2 heterocycles. The van der Waals surface area contributed by atoms with Crippen LogP contribution >= 0.6 is 0 Å². The van der Waals surface area contributed by atoms with E-state index >= 15 is 0 Å². The van der Waals surface area contributed by atoms with Crippen molar-refractivity contribution in [3.05, 3.63) is 30.6 Å². The van der Waals surface area contributed by atoms with Gasteiger partial charge in [0, 0.05) is 12.7 Å². The highest BCUT2D eigenvalue weighted by Crippen LogP contribution is 1.97. The monoisotopic (exact) mass is 176 g/mol. The molecule has 6 nitrogen and oxygen atoms in total. The van der Waals surface area contributed by atoms with Crippen LogP contribution in [0.2, 0.25) is 0 Å². The summed E-state index contributed by atoms with van der Waals surface area (Å²) in [5, 5.41) is 3.90. The summed E-state index contributed by atoms with van der Waals surface area (Å²) in [6, 6.07) is 1.76. The highest BCUT2D eigenvalue weighted by molar-refractivity contribution is 5.11. The molecule has 0 aromatic carbocycles. The first-order chi connectivity index (χ1) is 6.40. The van der Waals surface area contributed by atoms with E-state index in [9.17, 15) is 0 Å². The Hall–Kier alpha value is -1.82. The van der Waals surface area contributed by atoms with Crippen LogP contribution < -0.4 is 5.73 Å². The summed E-state index contributed by atoms with van der Waals surface area (Å²) in [6.45, 7) is 0.393. The van der Waals surface area contributed by atoms with Crippen molar-refractivity contribution < 1.29 is 0 Å². The van der Waals surface area contributed by atoms with Crippen molar-refractivity contribution in [2.45, 2.75) is 6.54 Å². The van der Waals surface area contributed by atoms with E-state index in [1.165, 1.54) is 17.3 Å². The summed E-state index contributed by atoms with van der Waals surface area (Å²) in [5.41, 5.74) is 6.21. The van der Waals surface area contributed by atoms with Crippen molar-refractivity contribution in [1.82, 2.24) is 24.7 Å². The van der Waals surface area contributed by atoms with Gasteiger partial charge in [-0.1, -0.05) is 0 Å². The van der Waals surface area contributed by atoms with Gasteiger partial charge in [-0.25, -0.2) is 15.0 Å². The topological polar surface area (TPSA) is 82.5 Å². The lowest BCUT2D eigenvalue weighted by atomic mass is 10.4. The molecule has 0 aliphatic carbocycles. The Labute approximate surface area is 74.5 Å². The minimum absolute atomic E-state index is 0.393. The summed E-state index contributed by atoms with van der Waals surface area (Å²) in [6.07, 6.45) is 4.61. The van der Waals surface area contributed by atoms with E-state index in [1.54, 1.807) is 12.3 Å². The van der Waals surface area contributed by atoms with Gasteiger partial charge in [-0.05, 0) is 6.07 Å². The highest BCUT2D eigenvalue weighted by Gasteiger charge is 2.00. The molecule has 66 valence electrons. The molecule has 0 spiro atoms. The average molecular weight is 176 g/mol. The lowest BCUT2D eigenvalue weighted by molar-refractivity contribution is 0.789. The molecule has 0 saturated carbocycles. The predicted octanol–water partition coefficient (Wildman–Crippen LogP) is -0.484. The molecule has 6 heteroatoms. The number of nitrogens with zero attached hydrogens (tertiary/aromatic N) is 5. The standard InChI is InChI=1S/C7H8N6/c8-3-6-1-2-10-7(12-6)13-5-9-4-11-13/h1-2,4-5H,3,8H2. The fourth-order valence-electron chi connectivity index (χ4n) is 0.920. The van der Waals surface area contributed by atoms with Crippen LogP contribution in [0.3, 0.4) is 0 Å². The summed E-state index contributed by atoms with van der Waals surface area (Å²) in [4.78, 5) is 12.0. The molecule has 0 fully saturated rings. The van der Waals surface area contributed by atoms with Crippen LogP contribution in [-0.4, -0.2) is 24.7 Å². The van der Waals surface area contributed by atoms with Crippen LogP contribution in [0.25, 0.3) is 5.95 Å². The molecule has 13 heavy (non-hydrogen) atoms. The molecule has 0 aliphatic rings. The zero-order valence-electron chi connectivity index (χ0n) is 6.83. The Morgan fingerprint density at radius 1 is 1.46 bits per heavy atom. The van der Waals surface area contributed by atoms with E-state index in [2.05, 4.69) is 20.1 Å². The first-order valence-corrected chi connectivity index (χ1v) is 3.77. The fraction of sp³-hybridized carbons (Fsp3) is 0.143. The third-order valence-electron chi connectivity index (χ3n) is 1.53. The fourth-order valence-corrected chi connectivity index (χ4v) is 0.920. The second kappa shape index (κ2) is 3.28. The largest absolute Gasteiger partial charge is 0.325 e. The summed E-state index contributed by atoms with van der Waals surface area (Å²) >= 11 is 0. The van der Waals surface area contributed by atoms with E-state index in [0.29, 0.717) is 12.5 Å². The van der Waals surface area contributed by atoms with Gasteiger partial charge < -0.3 is 5.73 Å². The van der Waals surface area contributed by atoms with Crippen molar-refractivity contribution in [3.8, 4) is 5.95 Å². The Morgan fingerprint density at radius 2 is 2.38 bits per heavy atom. The Morgan fingerprint density at radius 3 is 3.08 bits per heavy atom. The van der Waals surface area contributed by atoms with E-state index < -0.39 is 0 Å². The van der Waals surface area contributed by atoms with Crippen molar-refractivity contribution in [2.75, 3.05) is 0 Å². The first-order valence-electron chi connectivity index (χ1n) is 3.77. The van der Waals surface area contributed by atoms with Gasteiger partial charge in [-0.3, -0.25) is 0 Å². The molecule has 0 radical (unpaired) electrons. The molecule has 0 unspecified atom stereocenters. The zero-order valence-corrected chi connectivity index (χ0v) is 6.83. The van der Waals surface area contributed by atoms with Gasteiger partial charge >= 0.3 is 0 Å². The number of hydrogen-bond acceptors (Lipinski definition) is 5. The van der Waals surface area contributed by atoms with Crippen molar-refractivity contribution in [2.24, 2.45) is 5.73 Å². The number of aromatic nitrogens is 5. The van der Waals surface area contributed by atoms with Gasteiger partial charge in [0.15, 0.2) is 0 Å². The molecule has 0 atom stereocenters. The maximum Gasteiger partial charge on any atom is 0.252 e. The summed E-state index contributed by atoms with van der Waals surface area (Å²) < 4.78 is 1.49. The van der Waals surface area contributed by atoms with E-state index in [0.717, 1.165) is 5.69 Å². The molecule has 0 bridgehead atoms. The van der Waals surface area contributed by atoms with Crippen LogP contribution in [0.5, 0.6) is 0 Å². The van der Waals surface area contributed by atoms with Gasteiger partial charge in [0.2, 0.25) is 0 Å². The maximum atomic E-state index is 5.44. The third kappa shape index (κ3) is 1.52. The Kier molecular flexibility index (Phi) is 1.97. The molecule has 0 saturated heterocycles. The molecule has 2 aromatic rings. The van der Waals surface area contributed by atoms with Gasteiger partial charge in [0.25, 0.3) is 5.95 Å². The molecule has 2 N–H and O–H groups in total. The summed E-state index contributed by atoms with van der Waals surface area (Å²) in [7, 11) is 0. The third-order valence-corrected chi connectivity index (χ3v) is 1.53. The summed E-state index contributed by atoms with van der Waals surface area (Å²) in [5.74, 6) is 0.487. The van der Waals surface area contributed by atoms with Gasteiger partial charge in [0.05, 0.1) is 5.69 Å². The maximum absolute atomic E-state index is 5.44. The van der Waals surface area contributed by atoms with E-state index in [4.69, 9.17) is 5.73 Å². The molecule has 0 aliphatic heterocycles. The van der Waals surface area contributed by atoms with Crippen LogP contribution in [0, 0.1) is 0 Å². The normalized spacial score (nSPS) is 10.2. The van der Waals surface area contributed by atoms with Gasteiger partial charge in [-0.15, -0.1) is 0 Å². The van der Waals surface area contributed by atoms with Gasteiger partial charge in [-0.2, -0.15) is 9.78 Å². The van der Waals surface area contributed by atoms with E-state index in [-0.39, 0.29) is 0 Å². The van der Waals surface area contributed by atoms with Crippen LogP contribution in [0.1, 0.15) is 5.69 Å². The second-order valence-electron chi connectivity index (χ2n) is 2.39. The molecular weight excluding hydrogens is 168 g/mol. The second-order valence-corrected chi connectivity index (χ2v) is 2.39. The molecule has 2 aromatic heterocycles. The molecule has 2 rings (SSSR count). The Balaban J connectivity index is 2.41. The quantitative estimate of drug-likeness (QED) is 0.668. The van der Waals surface area contributed by atoms with Crippen LogP contribution in [-0.2, 0) is 6.54 Å². The lowest BCUT2D eigenvalue weighted by Crippen LogP contribution is -2.06. The van der Waals surface area contributed by atoms with Crippen molar-refractivity contribution in [1.29, 1.82) is 0 Å². The average Bonchev–Trinajstić information content (AvgIpc) is 2.71. The zero-order chi connectivity index (χ0) is 9.10. The SMILES string of the molecule is NCc1ccnc(-n2cncn2)n1. The molecular formula is C7H8N6. The number of rotatable bonds is 2. The van der Waals surface area contributed by atoms with Crippen LogP contribution in [0.15, 0.2) is 24.9 Å². The van der Waals surface area contributed by atoms with E-state index in [1.807, 2.05) is 0 Å². The minimum Gasteiger partial charge on any atom is -0.325 e. The minimum atomic E-state index is 0.393. The number of hydrogen-bond donors (Lipinski definition) is 1. The smallest absolute Gasteiger partial charge is 0.252 e. The van der Waals surface area contributed by atoms with Gasteiger partial charge in [0.1, 0.15) is 12.7 Å². The highest BCUT2D eigenvalue weighted by atomic mass is 15.4. The predicted molar refractivity (Wildman–Crippen MR) is 44.8 cm³/mol. The Bertz CT molecular complexity index is 382. The molecule has 0 amide bonds. The lowest BCUT2D eigenvalue weighted by Gasteiger charge is -1.99. The van der Waals surface area contributed by atoms with Crippen molar-refractivity contribution >= 4 is 0 Å².